The van der Waals surface area contributed by atoms with Crippen LogP contribution in [0.4, 0.5) is 0 Å². The minimum Gasteiger partial charge on any atom is -0.218 e. The second-order valence-corrected chi connectivity index (χ2v) is 9.19. The summed E-state index contributed by atoms with van der Waals surface area (Å²) in [5.41, 5.74) is 1.05. The van der Waals surface area contributed by atoms with E-state index >= 15 is 0 Å². The van der Waals surface area contributed by atoms with Gasteiger partial charge in [0, 0.05) is 5.56 Å². The Morgan fingerprint density at radius 1 is 0.500 bits per heavy atom. The summed E-state index contributed by atoms with van der Waals surface area (Å²) >= 11 is 0. The van der Waals surface area contributed by atoms with Crippen LogP contribution in [-0.4, -0.2) is 16.8 Å². The molecular formula is C18H12O4S2. The van der Waals surface area contributed by atoms with Crippen molar-refractivity contribution in [3.8, 4) is 11.1 Å². The molecule has 6 heteroatoms. The van der Waals surface area contributed by atoms with Crippen LogP contribution in [0.3, 0.4) is 0 Å². The Hall–Kier alpha value is -2.44. The van der Waals surface area contributed by atoms with Crippen molar-refractivity contribution in [2.45, 2.75) is 19.6 Å². The third-order valence-electron chi connectivity index (χ3n) is 4.05. The minimum absolute atomic E-state index is 0.144. The number of rotatable bonds is 1. The molecule has 0 amide bonds. The first kappa shape index (κ1) is 15.1. The first-order chi connectivity index (χ1) is 11.4. The molecule has 24 heavy (non-hydrogen) atoms. The number of benzene rings is 3. The fraction of sp³-hybridized carbons (Fsp3) is 0. The van der Waals surface area contributed by atoms with Crippen molar-refractivity contribution < 1.29 is 16.8 Å². The predicted molar refractivity (Wildman–Crippen MR) is 89.2 cm³/mol. The Balaban J connectivity index is 2.18. The molecule has 0 aromatic heterocycles. The van der Waals surface area contributed by atoms with Crippen LogP contribution >= 0.6 is 0 Å². The topological polar surface area (TPSA) is 68.3 Å². The molecule has 0 aliphatic carbocycles. The summed E-state index contributed by atoms with van der Waals surface area (Å²) in [5.74, 6) is 0. The van der Waals surface area contributed by atoms with Crippen LogP contribution in [0.2, 0.25) is 0 Å². The average Bonchev–Trinajstić information content (AvgIpc) is 2.61. The number of fused-ring (bicyclic) bond motifs is 2. The quantitative estimate of drug-likeness (QED) is 0.525. The Labute approximate surface area is 140 Å². The van der Waals surface area contributed by atoms with Crippen LogP contribution < -0.4 is 0 Å². The van der Waals surface area contributed by atoms with Gasteiger partial charge >= 0.3 is 0 Å². The molecule has 0 atom stereocenters. The second kappa shape index (κ2) is 5.03. The minimum atomic E-state index is -3.93. The molecule has 0 bridgehead atoms. The van der Waals surface area contributed by atoms with E-state index in [-0.39, 0.29) is 19.6 Å². The van der Waals surface area contributed by atoms with Crippen LogP contribution in [0.5, 0.6) is 0 Å². The van der Waals surface area contributed by atoms with Gasteiger partial charge in [0.2, 0.25) is 19.7 Å². The van der Waals surface area contributed by atoms with Gasteiger partial charge < -0.3 is 0 Å². The monoisotopic (exact) mass is 356 g/mol. The molecule has 0 saturated heterocycles. The summed E-state index contributed by atoms with van der Waals surface area (Å²) in [6, 6.07) is 19.2. The molecule has 0 unspecified atom stereocenters. The molecule has 1 aliphatic rings. The third kappa shape index (κ3) is 1.96. The summed E-state index contributed by atoms with van der Waals surface area (Å²) in [6.45, 7) is 0. The lowest BCUT2D eigenvalue weighted by molar-refractivity contribution is 0.570. The van der Waals surface area contributed by atoms with E-state index < -0.39 is 19.7 Å². The van der Waals surface area contributed by atoms with Crippen molar-refractivity contribution in [3.05, 3.63) is 72.8 Å². The normalized spacial score (nSPS) is 16.8. The van der Waals surface area contributed by atoms with E-state index in [4.69, 9.17) is 0 Å². The second-order valence-electron chi connectivity index (χ2n) is 5.45. The van der Waals surface area contributed by atoms with Crippen LogP contribution in [0.1, 0.15) is 0 Å². The standard InChI is InChI=1S/C18H12O4S2/c19-23(20)15-10-4-5-11-16(15)24(21,22)18-14(9-6-12-17(18)23)13-7-2-1-3-8-13/h1-12H. The Morgan fingerprint density at radius 3 is 1.71 bits per heavy atom. The number of hydrogen-bond acceptors (Lipinski definition) is 4. The van der Waals surface area contributed by atoms with Gasteiger partial charge in [-0.1, -0.05) is 54.6 Å². The van der Waals surface area contributed by atoms with Crippen molar-refractivity contribution in [1.82, 2.24) is 0 Å². The van der Waals surface area contributed by atoms with E-state index in [1.54, 1.807) is 36.4 Å². The molecule has 0 spiro atoms. The van der Waals surface area contributed by atoms with E-state index in [0.29, 0.717) is 11.1 Å². The smallest absolute Gasteiger partial charge is 0.209 e. The van der Waals surface area contributed by atoms with E-state index in [0.717, 1.165) is 0 Å². The van der Waals surface area contributed by atoms with Crippen molar-refractivity contribution in [2.75, 3.05) is 0 Å². The number of hydrogen-bond donors (Lipinski definition) is 0. The van der Waals surface area contributed by atoms with Gasteiger partial charge in [0.1, 0.15) is 0 Å². The third-order valence-corrected chi connectivity index (χ3v) is 8.08. The zero-order valence-electron chi connectivity index (χ0n) is 12.4. The van der Waals surface area contributed by atoms with Crippen LogP contribution in [0.15, 0.2) is 92.4 Å². The van der Waals surface area contributed by atoms with Crippen LogP contribution in [-0.2, 0) is 19.7 Å². The summed E-state index contributed by atoms with van der Waals surface area (Å²) in [6.07, 6.45) is 0. The summed E-state index contributed by atoms with van der Waals surface area (Å²) in [7, 11) is -7.81. The molecule has 0 N–H and O–H groups in total. The van der Waals surface area contributed by atoms with E-state index in [1.165, 1.54) is 30.3 Å². The molecule has 4 rings (SSSR count). The van der Waals surface area contributed by atoms with Gasteiger partial charge in [-0.05, 0) is 23.8 Å². The van der Waals surface area contributed by atoms with Gasteiger partial charge in [-0.25, -0.2) is 16.8 Å². The summed E-state index contributed by atoms with van der Waals surface area (Å²) < 4.78 is 52.0. The van der Waals surface area contributed by atoms with E-state index in [2.05, 4.69) is 0 Å². The van der Waals surface area contributed by atoms with Crippen LogP contribution in [0.25, 0.3) is 11.1 Å². The first-order valence-electron chi connectivity index (χ1n) is 7.22. The number of sulfone groups is 2. The Bertz CT molecular complexity index is 1160. The molecule has 120 valence electrons. The molecule has 0 saturated carbocycles. The highest BCUT2D eigenvalue weighted by molar-refractivity contribution is 7.97. The maximum absolute atomic E-state index is 13.1. The zero-order chi connectivity index (χ0) is 16.9. The molecule has 4 nitrogen and oxygen atoms in total. The lowest BCUT2D eigenvalue weighted by Crippen LogP contribution is -2.20. The molecule has 1 aliphatic heterocycles. The average molecular weight is 356 g/mol. The van der Waals surface area contributed by atoms with Crippen LogP contribution in [0, 0.1) is 0 Å². The molecular weight excluding hydrogens is 344 g/mol. The summed E-state index contributed by atoms with van der Waals surface area (Å²) in [4.78, 5) is -0.638. The zero-order valence-corrected chi connectivity index (χ0v) is 14.0. The molecule has 1 heterocycles. The maximum Gasteiger partial charge on any atom is 0.209 e. The van der Waals surface area contributed by atoms with Crippen molar-refractivity contribution in [2.24, 2.45) is 0 Å². The largest absolute Gasteiger partial charge is 0.218 e. The van der Waals surface area contributed by atoms with Gasteiger partial charge in [-0.15, -0.1) is 0 Å². The highest BCUT2D eigenvalue weighted by Crippen LogP contribution is 2.44. The maximum atomic E-state index is 13.1. The van der Waals surface area contributed by atoms with E-state index in [9.17, 15) is 16.8 Å². The first-order valence-corrected chi connectivity index (χ1v) is 10.2. The fourth-order valence-electron chi connectivity index (χ4n) is 2.97. The lowest BCUT2D eigenvalue weighted by Gasteiger charge is -2.22. The molecule has 3 aromatic rings. The van der Waals surface area contributed by atoms with Crippen molar-refractivity contribution in [1.29, 1.82) is 0 Å². The highest BCUT2D eigenvalue weighted by atomic mass is 32.2. The molecule has 3 aromatic carbocycles. The van der Waals surface area contributed by atoms with Gasteiger partial charge in [-0.2, -0.15) is 0 Å². The van der Waals surface area contributed by atoms with Crippen molar-refractivity contribution in [3.63, 3.8) is 0 Å². The van der Waals surface area contributed by atoms with Gasteiger partial charge in [0.25, 0.3) is 0 Å². The Kier molecular flexibility index (Phi) is 3.16. The van der Waals surface area contributed by atoms with Gasteiger partial charge in [0.15, 0.2) is 0 Å². The van der Waals surface area contributed by atoms with Gasteiger partial charge in [-0.3, -0.25) is 0 Å². The SMILES string of the molecule is O=S1(=O)c2ccccc2S(=O)(=O)c2c(-c3ccccc3)cccc21. The van der Waals surface area contributed by atoms with E-state index in [1.807, 2.05) is 6.07 Å². The predicted octanol–water partition coefficient (Wildman–Crippen LogP) is 3.33. The Morgan fingerprint density at radius 2 is 1.04 bits per heavy atom. The highest BCUT2D eigenvalue weighted by Gasteiger charge is 2.40. The fourth-order valence-corrected chi connectivity index (χ4v) is 7.35. The molecule has 0 fully saturated rings. The van der Waals surface area contributed by atoms with Gasteiger partial charge in [0.05, 0.1) is 19.6 Å². The van der Waals surface area contributed by atoms with Crippen molar-refractivity contribution >= 4 is 19.7 Å². The lowest BCUT2D eigenvalue weighted by atomic mass is 10.1. The molecule has 0 radical (unpaired) electrons. The summed E-state index contributed by atoms with van der Waals surface area (Å²) in [5, 5.41) is 0.